The Morgan fingerprint density at radius 1 is 1.29 bits per heavy atom. The number of nitrogens with zero attached hydrogens (tertiary/aromatic N) is 3. The fourth-order valence-electron chi connectivity index (χ4n) is 2.96. The minimum Gasteiger partial charge on any atom is -0.461 e. The Labute approximate surface area is 140 Å². The van der Waals surface area contributed by atoms with Crippen molar-refractivity contribution in [2.75, 3.05) is 19.7 Å². The van der Waals surface area contributed by atoms with Crippen LogP contribution in [0, 0.1) is 5.82 Å². The third-order valence-electron chi connectivity index (χ3n) is 4.19. The summed E-state index contributed by atoms with van der Waals surface area (Å²) in [7, 11) is 0. The van der Waals surface area contributed by atoms with Gasteiger partial charge >= 0.3 is 5.97 Å². The summed E-state index contributed by atoms with van der Waals surface area (Å²) in [5.74, 6) is -0.866. The minimum absolute atomic E-state index is 0.0695. The molecule has 1 N–H and O–H groups in total. The molecule has 1 aliphatic rings. The van der Waals surface area contributed by atoms with Crippen LogP contribution in [0.1, 0.15) is 42.2 Å². The second-order valence-electron chi connectivity index (χ2n) is 5.88. The van der Waals surface area contributed by atoms with Gasteiger partial charge in [-0.3, -0.25) is 4.90 Å². The van der Waals surface area contributed by atoms with E-state index >= 15 is 0 Å². The molecule has 0 unspecified atom stereocenters. The Hall–Kier alpha value is -2.28. The Morgan fingerprint density at radius 2 is 2.08 bits per heavy atom. The number of aromatic nitrogens is 3. The van der Waals surface area contributed by atoms with Crippen LogP contribution in [-0.2, 0) is 11.3 Å². The van der Waals surface area contributed by atoms with Gasteiger partial charge in [-0.25, -0.2) is 9.18 Å². The van der Waals surface area contributed by atoms with Crippen molar-refractivity contribution in [2.45, 2.75) is 32.7 Å². The molecule has 3 rings (SSSR count). The Kier molecular flexibility index (Phi) is 5.20. The molecule has 0 aliphatic carbocycles. The standard InChI is InChI=1S/C17H21FN4O2/c1-2-24-17(23)16-15(19-21-20-16)12-6-7-13(14(18)10-12)11-22-8-4-3-5-9-22/h6-7,10H,2-5,8-9,11H2,1H3,(H,19,20,21). The monoisotopic (exact) mass is 332 g/mol. The van der Waals surface area contributed by atoms with Crippen molar-refractivity contribution in [2.24, 2.45) is 0 Å². The summed E-state index contributed by atoms with van der Waals surface area (Å²) in [6.45, 7) is 4.59. The molecular formula is C17H21FN4O2. The molecule has 1 saturated heterocycles. The second-order valence-corrected chi connectivity index (χ2v) is 5.88. The van der Waals surface area contributed by atoms with E-state index in [-0.39, 0.29) is 18.1 Å². The summed E-state index contributed by atoms with van der Waals surface area (Å²) in [5.41, 5.74) is 1.53. The van der Waals surface area contributed by atoms with Gasteiger partial charge in [-0.15, -0.1) is 5.10 Å². The first-order valence-corrected chi connectivity index (χ1v) is 8.28. The van der Waals surface area contributed by atoms with Gasteiger partial charge in [0.2, 0.25) is 0 Å². The molecule has 24 heavy (non-hydrogen) atoms. The van der Waals surface area contributed by atoms with Crippen LogP contribution >= 0.6 is 0 Å². The van der Waals surface area contributed by atoms with Crippen molar-refractivity contribution in [1.82, 2.24) is 20.3 Å². The molecule has 128 valence electrons. The number of aromatic amines is 1. The predicted molar refractivity (Wildman–Crippen MR) is 86.9 cm³/mol. The molecule has 0 radical (unpaired) electrons. The van der Waals surface area contributed by atoms with E-state index in [0.717, 1.165) is 13.1 Å². The van der Waals surface area contributed by atoms with Gasteiger partial charge in [-0.05, 0) is 38.9 Å². The zero-order valence-corrected chi connectivity index (χ0v) is 13.7. The van der Waals surface area contributed by atoms with Gasteiger partial charge in [0, 0.05) is 17.7 Å². The van der Waals surface area contributed by atoms with E-state index in [1.807, 2.05) is 0 Å². The highest BCUT2D eigenvalue weighted by molar-refractivity contribution is 5.93. The maximum absolute atomic E-state index is 14.5. The average Bonchev–Trinajstić information content (AvgIpc) is 3.08. The van der Waals surface area contributed by atoms with Gasteiger partial charge in [0.1, 0.15) is 11.5 Å². The molecule has 7 heteroatoms. The van der Waals surface area contributed by atoms with E-state index in [9.17, 15) is 9.18 Å². The van der Waals surface area contributed by atoms with Crippen molar-refractivity contribution in [3.05, 3.63) is 35.3 Å². The number of hydrogen-bond acceptors (Lipinski definition) is 5. The Bertz CT molecular complexity index is 710. The van der Waals surface area contributed by atoms with Gasteiger partial charge < -0.3 is 4.74 Å². The predicted octanol–water partition coefficient (Wildman–Crippen LogP) is 2.77. The van der Waals surface area contributed by atoms with E-state index in [0.29, 0.717) is 23.4 Å². The maximum Gasteiger partial charge on any atom is 0.361 e. The van der Waals surface area contributed by atoms with Crippen LogP contribution in [-0.4, -0.2) is 46.0 Å². The molecule has 0 saturated carbocycles. The molecule has 6 nitrogen and oxygen atoms in total. The fraction of sp³-hybridized carbons (Fsp3) is 0.471. The molecule has 0 spiro atoms. The molecule has 0 amide bonds. The number of piperidine rings is 1. The lowest BCUT2D eigenvalue weighted by Crippen LogP contribution is -2.29. The van der Waals surface area contributed by atoms with E-state index in [2.05, 4.69) is 20.3 Å². The number of carbonyl (C=O) groups excluding carboxylic acids is 1. The normalized spacial score (nSPS) is 15.4. The average molecular weight is 332 g/mol. The topological polar surface area (TPSA) is 71.1 Å². The summed E-state index contributed by atoms with van der Waals surface area (Å²) >= 11 is 0. The van der Waals surface area contributed by atoms with Gasteiger partial charge in [0.25, 0.3) is 0 Å². The zero-order chi connectivity index (χ0) is 16.9. The quantitative estimate of drug-likeness (QED) is 0.853. The van der Waals surface area contributed by atoms with Gasteiger partial charge in [0.05, 0.1) is 6.61 Å². The highest BCUT2D eigenvalue weighted by Gasteiger charge is 2.20. The molecule has 2 aromatic rings. The number of halogens is 1. The van der Waals surface area contributed by atoms with Crippen molar-refractivity contribution < 1.29 is 13.9 Å². The van der Waals surface area contributed by atoms with Crippen LogP contribution in [0.5, 0.6) is 0 Å². The molecule has 0 atom stereocenters. The summed E-state index contributed by atoms with van der Waals surface area (Å²) in [5, 5.41) is 10.2. The van der Waals surface area contributed by atoms with Crippen molar-refractivity contribution >= 4 is 5.97 Å². The number of hydrogen-bond donors (Lipinski definition) is 1. The van der Waals surface area contributed by atoms with Crippen LogP contribution in [0.2, 0.25) is 0 Å². The van der Waals surface area contributed by atoms with E-state index < -0.39 is 5.97 Å². The summed E-state index contributed by atoms with van der Waals surface area (Å²) in [4.78, 5) is 14.1. The molecule has 1 aromatic heterocycles. The Balaban J connectivity index is 1.80. The number of likely N-dealkylation sites (tertiary alicyclic amines) is 1. The lowest BCUT2D eigenvalue weighted by Gasteiger charge is -2.26. The molecule has 1 aliphatic heterocycles. The number of H-pyrrole nitrogens is 1. The third-order valence-corrected chi connectivity index (χ3v) is 4.19. The zero-order valence-electron chi connectivity index (χ0n) is 13.7. The number of esters is 1. The SMILES string of the molecule is CCOC(=O)c1n[nH]nc1-c1ccc(CN2CCCCC2)c(F)c1. The van der Waals surface area contributed by atoms with Crippen LogP contribution in [0.3, 0.4) is 0 Å². The van der Waals surface area contributed by atoms with E-state index in [1.54, 1.807) is 19.1 Å². The number of rotatable bonds is 5. The van der Waals surface area contributed by atoms with Crippen molar-refractivity contribution in [1.29, 1.82) is 0 Å². The number of nitrogens with one attached hydrogen (secondary N) is 1. The summed E-state index contributed by atoms with van der Waals surface area (Å²) in [6.07, 6.45) is 3.59. The van der Waals surface area contributed by atoms with E-state index in [1.165, 1.54) is 25.3 Å². The first-order valence-electron chi connectivity index (χ1n) is 8.28. The van der Waals surface area contributed by atoms with Gasteiger partial charge in [-0.2, -0.15) is 10.3 Å². The van der Waals surface area contributed by atoms with Gasteiger partial charge in [0.15, 0.2) is 5.69 Å². The highest BCUT2D eigenvalue weighted by Crippen LogP contribution is 2.24. The molecule has 1 fully saturated rings. The van der Waals surface area contributed by atoms with Crippen molar-refractivity contribution in [3.63, 3.8) is 0 Å². The first kappa shape index (κ1) is 16.6. The molecular weight excluding hydrogens is 311 g/mol. The van der Waals surface area contributed by atoms with Crippen LogP contribution in [0.15, 0.2) is 18.2 Å². The Morgan fingerprint density at radius 3 is 2.79 bits per heavy atom. The molecule has 2 heterocycles. The third kappa shape index (κ3) is 3.62. The number of benzene rings is 1. The van der Waals surface area contributed by atoms with Gasteiger partial charge in [-0.1, -0.05) is 18.6 Å². The number of ether oxygens (including phenoxy) is 1. The van der Waals surface area contributed by atoms with Crippen LogP contribution < -0.4 is 0 Å². The summed E-state index contributed by atoms with van der Waals surface area (Å²) in [6, 6.07) is 4.92. The highest BCUT2D eigenvalue weighted by atomic mass is 19.1. The maximum atomic E-state index is 14.5. The smallest absolute Gasteiger partial charge is 0.361 e. The molecule has 1 aromatic carbocycles. The van der Waals surface area contributed by atoms with E-state index in [4.69, 9.17) is 4.74 Å². The summed E-state index contributed by atoms with van der Waals surface area (Å²) < 4.78 is 19.4. The van der Waals surface area contributed by atoms with Crippen LogP contribution in [0.25, 0.3) is 11.3 Å². The lowest BCUT2D eigenvalue weighted by atomic mass is 10.1. The minimum atomic E-state index is -0.570. The second kappa shape index (κ2) is 7.53. The number of carbonyl (C=O) groups is 1. The lowest BCUT2D eigenvalue weighted by molar-refractivity contribution is 0.0520. The molecule has 0 bridgehead atoms. The first-order chi connectivity index (χ1) is 11.7. The van der Waals surface area contributed by atoms with Crippen LogP contribution in [0.4, 0.5) is 4.39 Å². The van der Waals surface area contributed by atoms with Crippen molar-refractivity contribution in [3.8, 4) is 11.3 Å². The fourth-order valence-corrected chi connectivity index (χ4v) is 2.96. The largest absolute Gasteiger partial charge is 0.461 e.